The van der Waals surface area contributed by atoms with Crippen molar-refractivity contribution in [3.8, 4) is 5.75 Å². The Labute approximate surface area is 210 Å². The third-order valence-corrected chi connectivity index (χ3v) is 5.21. The van der Waals surface area contributed by atoms with Gasteiger partial charge in [0.25, 0.3) is 0 Å². The first-order valence-corrected chi connectivity index (χ1v) is 11.0. The Morgan fingerprint density at radius 2 is 1.46 bits per heavy atom. The average Bonchev–Trinajstić information content (AvgIpc) is 2.78. The number of aromatic hydroxyl groups is 1. The third kappa shape index (κ3) is 6.30. The molecule has 37 heavy (non-hydrogen) atoms. The predicted molar refractivity (Wildman–Crippen MR) is 118 cm³/mol. The van der Waals surface area contributed by atoms with Crippen molar-refractivity contribution in [2.75, 3.05) is 6.61 Å². The van der Waals surface area contributed by atoms with Crippen LogP contribution < -0.4 is 0 Å². The van der Waals surface area contributed by atoms with E-state index in [9.17, 15) is 33.9 Å². The monoisotopic (exact) mass is 520 g/mol. The minimum atomic E-state index is -1.69. The zero-order valence-electron chi connectivity index (χ0n) is 20.2. The summed E-state index contributed by atoms with van der Waals surface area (Å²) in [5.74, 6) is -5.70. The molecule has 1 fully saturated rings. The van der Waals surface area contributed by atoms with Gasteiger partial charge in [-0.1, -0.05) is 6.07 Å². The largest absolute Gasteiger partial charge is 0.507 e. The summed E-state index contributed by atoms with van der Waals surface area (Å²) in [4.78, 5) is 72.7. The van der Waals surface area contributed by atoms with Gasteiger partial charge in [-0.15, -0.1) is 0 Å². The Morgan fingerprint density at radius 1 is 0.865 bits per heavy atom. The first kappa shape index (κ1) is 27.3. The second kappa shape index (κ2) is 11.2. The van der Waals surface area contributed by atoms with Gasteiger partial charge in [0.2, 0.25) is 18.2 Å². The maximum Gasteiger partial charge on any atom is 0.303 e. The van der Waals surface area contributed by atoms with E-state index in [-0.39, 0.29) is 11.1 Å². The van der Waals surface area contributed by atoms with Crippen molar-refractivity contribution < 1.29 is 62.3 Å². The SMILES string of the molecule is CC(=O)OC[C@H]1O[C@@H](OC2=CC(=O)c3c(O)cccc3C2=O)[C@H](OC(C)=O)[C@@H](OC(C)=O)[C@@H]1OC(C)=O. The van der Waals surface area contributed by atoms with Crippen LogP contribution in [0.25, 0.3) is 0 Å². The smallest absolute Gasteiger partial charge is 0.303 e. The van der Waals surface area contributed by atoms with E-state index in [0.717, 1.165) is 33.8 Å². The predicted octanol–water partition coefficient (Wildman–Crippen LogP) is 0.755. The molecule has 0 radical (unpaired) electrons. The molecule has 1 aliphatic carbocycles. The van der Waals surface area contributed by atoms with Crippen molar-refractivity contribution in [1.29, 1.82) is 0 Å². The van der Waals surface area contributed by atoms with Crippen LogP contribution >= 0.6 is 0 Å². The van der Waals surface area contributed by atoms with Crippen molar-refractivity contribution in [3.05, 3.63) is 41.2 Å². The van der Waals surface area contributed by atoms with Crippen molar-refractivity contribution in [2.45, 2.75) is 58.4 Å². The minimum absolute atomic E-state index is 0.145. The summed E-state index contributed by atoms with van der Waals surface area (Å²) in [5, 5.41) is 10.00. The van der Waals surface area contributed by atoms with Gasteiger partial charge >= 0.3 is 23.9 Å². The molecule has 0 amide bonds. The topological polar surface area (TPSA) is 178 Å². The number of fused-ring (bicyclic) bond motifs is 1. The molecule has 198 valence electrons. The van der Waals surface area contributed by atoms with Gasteiger partial charge in [-0.25, -0.2) is 0 Å². The lowest BCUT2D eigenvalue weighted by atomic mass is 9.92. The fraction of sp³-hybridized carbons (Fsp3) is 0.417. The molecule has 5 atom stereocenters. The van der Waals surface area contributed by atoms with E-state index in [0.29, 0.717) is 0 Å². The van der Waals surface area contributed by atoms with Gasteiger partial charge in [-0.3, -0.25) is 28.8 Å². The molecular formula is C24H24O13. The molecule has 1 aromatic carbocycles. The molecule has 2 aliphatic rings. The molecule has 1 aromatic rings. The van der Waals surface area contributed by atoms with Gasteiger partial charge in [0.15, 0.2) is 23.8 Å². The van der Waals surface area contributed by atoms with Crippen LogP contribution in [-0.4, -0.2) is 77.9 Å². The highest BCUT2D eigenvalue weighted by molar-refractivity contribution is 6.24. The fourth-order valence-electron chi connectivity index (χ4n) is 3.87. The van der Waals surface area contributed by atoms with Gasteiger partial charge < -0.3 is 33.5 Å². The number of hydrogen-bond donors (Lipinski definition) is 1. The lowest BCUT2D eigenvalue weighted by molar-refractivity contribution is -0.298. The lowest BCUT2D eigenvalue weighted by Gasteiger charge is -2.44. The van der Waals surface area contributed by atoms with Crippen LogP contribution in [-0.2, 0) is 47.6 Å². The Bertz CT molecular complexity index is 1170. The van der Waals surface area contributed by atoms with E-state index in [4.69, 9.17) is 28.4 Å². The molecule has 0 spiro atoms. The average molecular weight is 520 g/mol. The van der Waals surface area contributed by atoms with Crippen LogP contribution in [0.2, 0.25) is 0 Å². The Balaban J connectivity index is 2.02. The first-order valence-electron chi connectivity index (χ1n) is 11.0. The first-order chi connectivity index (χ1) is 17.4. The number of hydrogen-bond acceptors (Lipinski definition) is 13. The van der Waals surface area contributed by atoms with Crippen LogP contribution in [0.1, 0.15) is 48.4 Å². The Kier molecular flexibility index (Phi) is 8.28. The van der Waals surface area contributed by atoms with Gasteiger partial charge in [-0.05, 0) is 12.1 Å². The summed E-state index contributed by atoms with van der Waals surface area (Å²) in [7, 11) is 0. The highest BCUT2D eigenvalue weighted by Gasteiger charge is 2.54. The second-order valence-electron chi connectivity index (χ2n) is 8.09. The van der Waals surface area contributed by atoms with E-state index in [1.165, 1.54) is 18.2 Å². The maximum absolute atomic E-state index is 13.0. The van der Waals surface area contributed by atoms with Gasteiger partial charge in [0.05, 0.1) is 5.56 Å². The minimum Gasteiger partial charge on any atom is -0.507 e. The number of allylic oxidation sites excluding steroid dienone is 2. The van der Waals surface area contributed by atoms with E-state index in [2.05, 4.69) is 0 Å². The van der Waals surface area contributed by atoms with E-state index in [1.54, 1.807) is 0 Å². The molecule has 0 unspecified atom stereocenters. The summed E-state index contributed by atoms with van der Waals surface area (Å²) < 4.78 is 32.2. The molecular weight excluding hydrogens is 496 g/mol. The number of carbonyl (C=O) groups is 6. The van der Waals surface area contributed by atoms with Gasteiger partial charge in [0.1, 0.15) is 18.5 Å². The number of ketones is 2. The molecule has 0 bridgehead atoms. The molecule has 13 heteroatoms. The quantitative estimate of drug-likeness (QED) is 0.394. The van der Waals surface area contributed by atoms with E-state index >= 15 is 0 Å². The molecule has 13 nitrogen and oxygen atoms in total. The zero-order chi connectivity index (χ0) is 27.4. The Hall–Kier alpha value is -4.26. The molecule has 0 saturated carbocycles. The number of rotatable bonds is 7. The normalized spacial score (nSPS) is 24.8. The molecule has 3 rings (SSSR count). The van der Waals surface area contributed by atoms with Gasteiger partial charge in [-0.2, -0.15) is 0 Å². The van der Waals surface area contributed by atoms with Crippen LogP contribution in [0.3, 0.4) is 0 Å². The highest BCUT2D eigenvalue weighted by atomic mass is 16.7. The van der Waals surface area contributed by atoms with Crippen LogP contribution in [0.5, 0.6) is 5.75 Å². The number of esters is 4. The van der Waals surface area contributed by atoms with Crippen molar-refractivity contribution >= 4 is 35.4 Å². The summed E-state index contributed by atoms with van der Waals surface area (Å²) >= 11 is 0. The number of ether oxygens (including phenoxy) is 6. The Morgan fingerprint density at radius 3 is 2.05 bits per heavy atom. The molecule has 1 heterocycles. The van der Waals surface area contributed by atoms with Gasteiger partial charge in [0, 0.05) is 39.3 Å². The number of phenolic OH excluding ortho intramolecular Hbond substituents is 1. The number of benzene rings is 1. The van der Waals surface area contributed by atoms with Crippen molar-refractivity contribution in [1.82, 2.24) is 0 Å². The van der Waals surface area contributed by atoms with E-state index in [1.807, 2.05) is 0 Å². The highest BCUT2D eigenvalue weighted by Crippen LogP contribution is 2.34. The number of carbonyl (C=O) groups excluding carboxylic acids is 6. The van der Waals surface area contributed by atoms with Crippen molar-refractivity contribution in [3.63, 3.8) is 0 Å². The summed E-state index contributed by atoms with van der Waals surface area (Å²) in [6, 6.07) is 3.90. The molecule has 1 saturated heterocycles. The molecule has 0 aromatic heterocycles. The lowest BCUT2D eigenvalue weighted by Crippen LogP contribution is -2.63. The van der Waals surface area contributed by atoms with Crippen molar-refractivity contribution in [2.24, 2.45) is 0 Å². The van der Waals surface area contributed by atoms with E-state index < -0.39 is 84.3 Å². The summed E-state index contributed by atoms with van der Waals surface area (Å²) in [6.45, 7) is 3.78. The number of Topliss-reactive ketones (excluding diaryl/α,β-unsaturated/α-hetero) is 1. The van der Waals surface area contributed by atoms with Crippen LogP contribution in [0.15, 0.2) is 30.0 Å². The zero-order valence-corrected chi connectivity index (χ0v) is 20.2. The summed E-state index contributed by atoms with van der Waals surface area (Å²) in [5.41, 5.74) is -0.366. The third-order valence-electron chi connectivity index (χ3n) is 5.21. The van der Waals surface area contributed by atoms with Crippen LogP contribution in [0, 0.1) is 0 Å². The van der Waals surface area contributed by atoms with Crippen LogP contribution in [0.4, 0.5) is 0 Å². The molecule has 1 N–H and O–H groups in total. The number of phenols is 1. The maximum atomic E-state index is 13.0. The molecule has 1 aliphatic heterocycles. The fourth-order valence-corrected chi connectivity index (χ4v) is 3.87. The second-order valence-corrected chi connectivity index (χ2v) is 8.09. The summed E-state index contributed by atoms with van der Waals surface area (Å²) in [6.07, 6.45) is -6.70. The standard InChI is InChI=1S/C24H24O13/c1-10(25)32-9-18-21(33-11(2)26)22(34-12(3)27)23(35-13(4)28)24(37-18)36-17-8-16(30)19-14(20(17)31)6-5-7-15(19)29/h5-8,18,21-24,29H,9H2,1-4H3/t18-,21-,22+,23-,24-/m1/s1.